The summed E-state index contributed by atoms with van der Waals surface area (Å²) in [5, 5.41) is 5.96. The van der Waals surface area contributed by atoms with Crippen LogP contribution < -0.4 is 5.14 Å². The van der Waals surface area contributed by atoms with E-state index in [-0.39, 0.29) is 11.6 Å². The minimum Gasteiger partial charge on any atom is -0.228 e. The van der Waals surface area contributed by atoms with Crippen molar-refractivity contribution < 1.29 is 12.8 Å². The van der Waals surface area contributed by atoms with Crippen LogP contribution in [0.1, 0.15) is 5.56 Å². The molecule has 2 rings (SSSR count). The minimum atomic E-state index is -3.60. The largest absolute Gasteiger partial charge is 0.228 e. The summed E-state index contributed by atoms with van der Waals surface area (Å²) in [6.07, 6.45) is 0. The van der Waals surface area contributed by atoms with Crippen molar-refractivity contribution in [2.75, 3.05) is 0 Å². The van der Waals surface area contributed by atoms with E-state index in [1.807, 2.05) is 0 Å². The molecule has 0 aliphatic rings. The third kappa shape index (κ3) is 2.20. The fourth-order valence-electron chi connectivity index (χ4n) is 1.67. The lowest BCUT2D eigenvalue weighted by molar-refractivity contribution is 0.597. The van der Waals surface area contributed by atoms with Gasteiger partial charge in [-0.3, -0.25) is 0 Å². The average molecular weight is 239 g/mol. The molecule has 2 aromatic rings. The van der Waals surface area contributed by atoms with Gasteiger partial charge in [0.2, 0.25) is 10.0 Å². The topological polar surface area (TPSA) is 60.2 Å². The lowest BCUT2D eigenvalue weighted by Gasteiger charge is -2.05. The van der Waals surface area contributed by atoms with Gasteiger partial charge in [0.05, 0.1) is 5.75 Å². The van der Waals surface area contributed by atoms with Crippen molar-refractivity contribution in [1.82, 2.24) is 0 Å². The summed E-state index contributed by atoms with van der Waals surface area (Å²) in [5.74, 6) is -0.651. The minimum absolute atomic E-state index is 0.284. The number of nitrogens with two attached hydrogens (primary N) is 1. The highest BCUT2D eigenvalue weighted by Crippen LogP contribution is 2.22. The summed E-state index contributed by atoms with van der Waals surface area (Å²) in [6, 6.07) is 9.42. The maximum Gasteiger partial charge on any atom is 0.213 e. The van der Waals surface area contributed by atoms with Crippen LogP contribution in [0.5, 0.6) is 0 Å². The number of hydrogen-bond donors (Lipinski definition) is 1. The molecule has 0 atom stereocenters. The molecule has 0 unspecified atom stereocenters. The van der Waals surface area contributed by atoms with Gasteiger partial charge in [-0.1, -0.05) is 30.3 Å². The monoisotopic (exact) mass is 239 g/mol. The fourth-order valence-corrected chi connectivity index (χ4v) is 2.35. The second-order valence-corrected chi connectivity index (χ2v) is 5.17. The van der Waals surface area contributed by atoms with E-state index in [9.17, 15) is 12.8 Å². The van der Waals surface area contributed by atoms with Gasteiger partial charge >= 0.3 is 0 Å². The summed E-state index contributed by atoms with van der Waals surface area (Å²) in [4.78, 5) is 0. The van der Waals surface area contributed by atoms with Crippen LogP contribution in [0, 0.1) is 5.82 Å². The van der Waals surface area contributed by atoms with Crippen LogP contribution in [-0.2, 0) is 15.8 Å². The molecular weight excluding hydrogens is 229 g/mol. The smallest absolute Gasteiger partial charge is 0.213 e. The van der Waals surface area contributed by atoms with Crippen molar-refractivity contribution in [3.05, 3.63) is 47.8 Å². The van der Waals surface area contributed by atoms with Gasteiger partial charge < -0.3 is 0 Å². The summed E-state index contributed by atoms with van der Waals surface area (Å²) in [5.41, 5.74) is 0.513. The van der Waals surface area contributed by atoms with Crippen molar-refractivity contribution in [1.29, 1.82) is 0 Å². The molecule has 0 amide bonds. The Balaban J connectivity index is 2.68. The molecule has 0 aromatic heterocycles. The summed E-state index contributed by atoms with van der Waals surface area (Å²) >= 11 is 0. The second kappa shape index (κ2) is 3.84. The van der Waals surface area contributed by atoms with Crippen LogP contribution in [-0.4, -0.2) is 8.42 Å². The van der Waals surface area contributed by atoms with Gasteiger partial charge in [-0.05, 0) is 17.0 Å². The highest BCUT2D eigenvalue weighted by molar-refractivity contribution is 7.88. The van der Waals surface area contributed by atoms with Crippen LogP contribution >= 0.6 is 0 Å². The van der Waals surface area contributed by atoms with Crippen molar-refractivity contribution in [2.24, 2.45) is 5.14 Å². The first-order valence-corrected chi connectivity index (χ1v) is 6.35. The highest BCUT2D eigenvalue weighted by Gasteiger charge is 2.10. The van der Waals surface area contributed by atoms with Crippen LogP contribution in [0.4, 0.5) is 4.39 Å². The number of hydrogen-bond acceptors (Lipinski definition) is 2. The van der Waals surface area contributed by atoms with Gasteiger partial charge in [0.15, 0.2) is 0 Å². The maximum atomic E-state index is 13.4. The zero-order valence-electron chi connectivity index (χ0n) is 8.35. The lowest BCUT2D eigenvalue weighted by atomic mass is 10.1. The first-order valence-electron chi connectivity index (χ1n) is 4.64. The Morgan fingerprint density at radius 1 is 1.06 bits per heavy atom. The van der Waals surface area contributed by atoms with E-state index in [4.69, 9.17) is 5.14 Å². The molecule has 0 radical (unpaired) electrons. The third-order valence-electron chi connectivity index (χ3n) is 2.32. The van der Waals surface area contributed by atoms with Gasteiger partial charge in [-0.25, -0.2) is 17.9 Å². The molecule has 0 bridgehead atoms. The van der Waals surface area contributed by atoms with Crippen molar-refractivity contribution in [3.63, 3.8) is 0 Å². The first-order chi connectivity index (χ1) is 7.47. The van der Waals surface area contributed by atoms with E-state index in [0.717, 1.165) is 0 Å². The van der Waals surface area contributed by atoms with E-state index < -0.39 is 10.0 Å². The lowest BCUT2D eigenvalue weighted by Crippen LogP contribution is -2.14. The molecule has 0 saturated carbocycles. The van der Waals surface area contributed by atoms with Crippen LogP contribution in [0.2, 0.25) is 0 Å². The molecular formula is C11H10FNO2S. The summed E-state index contributed by atoms with van der Waals surface area (Å²) in [7, 11) is -3.60. The quantitative estimate of drug-likeness (QED) is 0.868. The van der Waals surface area contributed by atoms with Crippen LogP contribution in [0.15, 0.2) is 36.4 Å². The van der Waals surface area contributed by atoms with Crippen molar-refractivity contribution in [2.45, 2.75) is 5.75 Å². The molecule has 2 aromatic carbocycles. The van der Waals surface area contributed by atoms with Crippen LogP contribution in [0.25, 0.3) is 10.8 Å². The van der Waals surface area contributed by atoms with E-state index in [1.165, 1.54) is 12.1 Å². The molecule has 0 spiro atoms. The van der Waals surface area contributed by atoms with Crippen molar-refractivity contribution >= 4 is 20.8 Å². The molecule has 0 saturated heterocycles. The normalized spacial score (nSPS) is 11.9. The summed E-state index contributed by atoms with van der Waals surface area (Å²) in [6.45, 7) is 0. The number of halogens is 1. The Morgan fingerprint density at radius 3 is 2.31 bits per heavy atom. The predicted octanol–water partition coefficient (Wildman–Crippen LogP) is 1.77. The molecule has 0 heterocycles. The fraction of sp³-hybridized carbons (Fsp3) is 0.0909. The molecule has 0 aliphatic carbocycles. The zero-order chi connectivity index (χ0) is 11.8. The second-order valence-electron chi connectivity index (χ2n) is 3.56. The van der Waals surface area contributed by atoms with Gasteiger partial charge in [0, 0.05) is 5.39 Å². The Morgan fingerprint density at radius 2 is 1.69 bits per heavy atom. The van der Waals surface area contributed by atoms with E-state index in [2.05, 4.69) is 0 Å². The van der Waals surface area contributed by atoms with Crippen molar-refractivity contribution in [3.8, 4) is 0 Å². The SMILES string of the molecule is NS(=O)(=O)Cc1ccc(F)c2ccccc12. The Labute approximate surface area is 92.7 Å². The Hall–Kier alpha value is -1.46. The van der Waals surface area contributed by atoms with Gasteiger partial charge in [0.1, 0.15) is 5.82 Å². The Bertz CT molecular complexity index is 637. The maximum absolute atomic E-state index is 13.4. The molecule has 5 heteroatoms. The number of benzene rings is 2. The standard InChI is InChI=1S/C11H10FNO2S/c12-11-6-5-8(7-16(13,14)15)9-3-1-2-4-10(9)11/h1-6H,7H2,(H2,13,14,15). The van der Waals surface area contributed by atoms with Gasteiger partial charge in [0.25, 0.3) is 0 Å². The molecule has 2 N–H and O–H groups in total. The number of primary sulfonamides is 1. The molecule has 0 aliphatic heterocycles. The first kappa shape index (κ1) is 11.0. The number of sulfonamides is 1. The highest BCUT2D eigenvalue weighted by atomic mass is 32.2. The number of fused-ring (bicyclic) bond motifs is 1. The zero-order valence-corrected chi connectivity index (χ0v) is 9.17. The van der Waals surface area contributed by atoms with E-state index in [1.54, 1.807) is 24.3 Å². The average Bonchev–Trinajstić information content (AvgIpc) is 2.21. The molecule has 16 heavy (non-hydrogen) atoms. The molecule has 84 valence electrons. The predicted molar refractivity (Wildman–Crippen MR) is 60.7 cm³/mol. The molecule has 3 nitrogen and oxygen atoms in total. The van der Waals surface area contributed by atoms with Crippen LogP contribution in [0.3, 0.4) is 0 Å². The number of rotatable bonds is 2. The third-order valence-corrected chi connectivity index (χ3v) is 3.03. The Kier molecular flexibility index (Phi) is 2.65. The van der Waals surface area contributed by atoms with E-state index >= 15 is 0 Å². The molecule has 0 fully saturated rings. The summed E-state index contributed by atoms with van der Waals surface area (Å²) < 4.78 is 35.4. The van der Waals surface area contributed by atoms with Gasteiger partial charge in [-0.15, -0.1) is 0 Å². The van der Waals surface area contributed by atoms with Gasteiger partial charge in [-0.2, -0.15) is 0 Å². The van der Waals surface area contributed by atoms with E-state index in [0.29, 0.717) is 16.3 Å².